The van der Waals surface area contributed by atoms with Crippen LogP contribution in [0.5, 0.6) is 5.75 Å². The van der Waals surface area contributed by atoms with E-state index in [0.29, 0.717) is 13.0 Å². The van der Waals surface area contributed by atoms with Crippen molar-refractivity contribution in [2.75, 3.05) is 6.54 Å². The summed E-state index contributed by atoms with van der Waals surface area (Å²) in [4.78, 5) is 11.4. The van der Waals surface area contributed by atoms with Crippen LogP contribution in [0, 0.1) is 0 Å². The van der Waals surface area contributed by atoms with Crippen molar-refractivity contribution in [3.05, 3.63) is 65.7 Å². The number of para-hydroxylation sites is 1. The van der Waals surface area contributed by atoms with Crippen molar-refractivity contribution in [3.8, 4) is 5.75 Å². The van der Waals surface area contributed by atoms with Gasteiger partial charge in [0.15, 0.2) is 0 Å². The topological polar surface area (TPSA) is 58.6 Å². The number of ether oxygens (including phenoxy) is 1. The monoisotopic (exact) mass is 297 g/mol. The molecular weight excluding hydrogens is 278 g/mol. The lowest BCUT2D eigenvalue weighted by molar-refractivity contribution is -0.139. The lowest BCUT2D eigenvalue weighted by atomic mass is 10.1. The molecular formula is C18H19NO3. The summed E-state index contributed by atoms with van der Waals surface area (Å²) in [5, 5.41) is 12.5. The molecule has 0 radical (unpaired) electrons. The van der Waals surface area contributed by atoms with E-state index in [4.69, 9.17) is 4.74 Å². The Morgan fingerprint density at radius 2 is 1.91 bits per heavy atom. The number of hydrogen-bond acceptors (Lipinski definition) is 3. The number of carboxylic acids is 1. The molecule has 1 aliphatic rings. The van der Waals surface area contributed by atoms with Crippen LogP contribution in [0.3, 0.4) is 0 Å². The molecule has 0 aromatic heterocycles. The highest BCUT2D eigenvalue weighted by Gasteiger charge is 2.25. The molecule has 0 saturated heterocycles. The van der Waals surface area contributed by atoms with Gasteiger partial charge in [-0.3, -0.25) is 4.79 Å². The minimum Gasteiger partial charge on any atom is -0.488 e. The molecule has 2 N–H and O–H groups in total. The molecule has 114 valence electrons. The van der Waals surface area contributed by atoms with Crippen molar-refractivity contribution >= 4 is 5.97 Å². The predicted octanol–water partition coefficient (Wildman–Crippen LogP) is 2.28. The van der Waals surface area contributed by atoms with Gasteiger partial charge in [-0.2, -0.15) is 0 Å². The molecule has 2 aromatic rings. The number of benzene rings is 2. The summed E-state index contributed by atoms with van der Waals surface area (Å²) < 4.78 is 5.83. The summed E-state index contributed by atoms with van der Waals surface area (Å²) in [6.45, 7) is 0.526. The number of carbonyl (C=O) groups is 1. The molecule has 1 heterocycles. The third kappa shape index (κ3) is 3.46. The number of hydrogen-bond donors (Lipinski definition) is 2. The zero-order chi connectivity index (χ0) is 15.4. The van der Waals surface area contributed by atoms with Crippen LogP contribution in [0.25, 0.3) is 0 Å². The zero-order valence-electron chi connectivity index (χ0n) is 12.2. The van der Waals surface area contributed by atoms with Gasteiger partial charge in [0.1, 0.15) is 17.9 Å². The third-order valence-electron chi connectivity index (χ3n) is 3.89. The maximum atomic E-state index is 11.4. The van der Waals surface area contributed by atoms with Crippen LogP contribution >= 0.6 is 0 Å². The Morgan fingerprint density at radius 3 is 2.64 bits per heavy atom. The number of nitrogens with one attached hydrogen (secondary N) is 1. The highest BCUT2D eigenvalue weighted by atomic mass is 16.5. The Labute approximate surface area is 129 Å². The van der Waals surface area contributed by atoms with Crippen molar-refractivity contribution in [3.63, 3.8) is 0 Å². The van der Waals surface area contributed by atoms with Crippen LogP contribution in [0.1, 0.15) is 11.1 Å². The van der Waals surface area contributed by atoms with Gasteiger partial charge in [0.25, 0.3) is 0 Å². The highest BCUT2D eigenvalue weighted by molar-refractivity contribution is 5.73. The molecule has 2 aromatic carbocycles. The Kier molecular flexibility index (Phi) is 4.39. The van der Waals surface area contributed by atoms with Gasteiger partial charge in [-0.15, -0.1) is 0 Å². The van der Waals surface area contributed by atoms with E-state index in [9.17, 15) is 9.90 Å². The number of rotatable bonds is 6. The number of carboxylic acid groups (broad SMARTS) is 1. The number of aliphatic carboxylic acids is 1. The Hall–Kier alpha value is -2.33. The molecule has 1 aliphatic heterocycles. The molecule has 0 spiro atoms. The molecule has 0 amide bonds. The molecule has 4 heteroatoms. The summed E-state index contributed by atoms with van der Waals surface area (Å²) in [5.41, 5.74) is 2.20. The SMILES string of the molecule is O=C(O)[C@@H](Cc1ccccc1)NCC1Cc2ccccc2O1. The first-order valence-electron chi connectivity index (χ1n) is 7.47. The van der Waals surface area contributed by atoms with Crippen LogP contribution in [-0.4, -0.2) is 29.8 Å². The quantitative estimate of drug-likeness (QED) is 0.859. The summed E-state index contributed by atoms with van der Waals surface area (Å²) >= 11 is 0. The fraction of sp³-hybridized carbons (Fsp3) is 0.278. The first-order chi connectivity index (χ1) is 10.7. The molecule has 0 saturated carbocycles. The Morgan fingerprint density at radius 1 is 1.18 bits per heavy atom. The molecule has 2 atom stereocenters. The van der Waals surface area contributed by atoms with Gasteiger partial charge in [-0.25, -0.2) is 0 Å². The maximum absolute atomic E-state index is 11.4. The summed E-state index contributed by atoms with van der Waals surface area (Å²) in [6.07, 6.45) is 1.28. The Balaban J connectivity index is 1.56. The predicted molar refractivity (Wildman–Crippen MR) is 84.1 cm³/mol. The molecule has 3 rings (SSSR count). The minimum absolute atomic E-state index is 0.00461. The lowest BCUT2D eigenvalue weighted by Crippen LogP contribution is -2.43. The van der Waals surface area contributed by atoms with E-state index < -0.39 is 12.0 Å². The standard InChI is InChI=1S/C18H19NO3/c20-18(21)16(10-13-6-2-1-3-7-13)19-12-15-11-14-8-4-5-9-17(14)22-15/h1-9,15-16,19H,10-12H2,(H,20,21)/t15?,16-/m1/s1. The summed E-state index contributed by atoms with van der Waals surface area (Å²) in [6, 6.07) is 17.0. The average Bonchev–Trinajstić information content (AvgIpc) is 2.95. The molecule has 4 nitrogen and oxygen atoms in total. The first kappa shape index (κ1) is 14.6. The third-order valence-corrected chi connectivity index (χ3v) is 3.89. The fourth-order valence-corrected chi connectivity index (χ4v) is 2.74. The van der Waals surface area contributed by atoms with E-state index in [2.05, 4.69) is 5.32 Å². The van der Waals surface area contributed by atoms with E-state index in [0.717, 1.165) is 17.7 Å². The lowest BCUT2D eigenvalue weighted by Gasteiger charge is -2.17. The first-order valence-corrected chi connectivity index (χ1v) is 7.47. The van der Waals surface area contributed by atoms with E-state index in [1.807, 2.05) is 54.6 Å². The summed E-state index contributed by atoms with van der Waals surface area (Å²) in [7, 11) is 0. The fourth-order valence-electron chi connectivity index (χ4n) is 2.74. The largest absolute Gasteiger partial charge is 0.488 e. The van der Waals surface area contributed by atoms with Crippen LogP contribution in [0.15, 0.2) is 54.6 Å². The normalized spacial score (nSPS) is 17.5. The molecule has 0 bridgehead atoms. The van der Waals surface area contributed by atoms with Crippen LogP contribution in [0.2, 0.25) is 0 Å². The van der Waals surface area contributed by atoms with Gasteiger partial charge in [0.2, 0.25) is 0 Å². The molecule has 0 aliphatic carbocycles. The van der Waals surface area contributed by atoms with Crippen LogP contribution < -0.4 is 10.1 Å². The van der Waals surface area contributed by atoms with Gasteiger partial charge < -0.3 is 15.2 Å². The van der Waals surface area contributed by atoms with Gasteiger partial charge >= 0.3 is 5.97 Å². The van der Waals surface area contributed by atoms with Crippen molar-refractivity contribution < 1.29 is 14.6 Å². The molecule has 22 heavy (non-hydrogen) atoms. The van der Waals surface area contributed by atoms with Gasteiger partial charge in [-0.05, 0) is 23.6 Å². The summed E-state index contributed by atoms with van der Waals surface area (Å²) in [5.74, 6) is 0.0728. The van der Waals surface area contributed by atoms with Gasteiger partial charge in [-0.1, -0.05) is 48.5 Å². The van der Waals surface area contributed by atoms with Gasteiger partial charge in [0.05, 0.1) is 0 Å². The van der Waals surface area contributed by atoms with Crippen molar-refractivity contribution in [2.24, 2.45) is 0 Å². The molecule has 0 fully saturated rings. The van der Waals surface area contributed by atoms with E-state index >= 15 is 0 Å². The van der Waals surface area contributed by atoms with Crippen molar-refractivity contribution in [2.45, 2.75) is 25.0 Å². The number of fused-ring (bicyclic) bond motifs is 1. The van der Waals surface area contributed by atoms with E-state index in [1.165, 1.54) is 5.56 Å². The van der Waals surface area contributed by atoms with Crippen LogP contribution in [-0.2, 0) is 17.6 Å². The zero-order valence-corrected chi connectivity index (χ0v) is 12.2. The minimum atomic E-state index is -0.834. The van der Waals surface area contributed by atoms with E-state index in [1.54, 1.807) is 0 Å². The second-order valence-corrected chi connectivity index (χ2v) is 5.54. The second kappa shape index (κ2) is 6.62. The maximum Gasteiger partial charge on any atom is 0.321 e. The van der Waals surface area contributed by atoms with Gasteiger partial charge in [0, 0.05) is 13.0 Å². The molecule has 1 unspecified atom stereocenters. The van der Waals surface area contributed by atoms with Crippen LogP contribution in [0.4, 0.5) is 0 Å². The van der Waals surface area contributed by atoms with Crippen molar-refractivity contribution in [1.29, 1.82) is 0 Å². The Bertz CT molecular complexity index is 617. The van der Waals surface area contributed by atoms with Crippen molar-refractivity contribution in [1.82, 2.24) is 5.32 Å². The van der Waals surface area contributed by atoms with E-state index in [-0.39, 0.29) is 6.10 Å². The highest BCUT2D eigenvalue weighted by Crippen LogP contribution is 2.27. The smallest absolute Gasteiger partial charge is 0.321 e. The average molecular weight is 297 g/mol. The second-order valence-electron chi connectivity index (χ2n) is 5.54.